The van der Waals surface area contributed by atoms with Crippen LogP contribution in [0.25, 0.3) is 131 Å². The summed E-state index contributed by atoms with van der Waals surface area (Å²) in [5.41, 5.74) is 10.4. The fraction of sp³-hybridized carbons (Fsp3) is 0.162. The van der Waals surface area contributed by atoms with Gasteiger partial charge in [0.05, 0.1) is 22.4 Å². The first-order valence-electron chi connectivity index (χ1n) is 42.7. The van der Waals surface area contributed by atoms with Gasteiger partial charge in [0, 0.05) is 32.0 Å². The Labute approximate surface area is 823 Å². The Hall–Kier alpha value is -8.32. The van der Waals surface area contributed by atoms with Crippen LogP contribution >= 0.6 is 102 Å². The molecule has 0 saturated carbocycles. The molecule has 0 aliphatic carbocycles. The molecular formula is C111H102B3Br5ILiO7. The SMILES string of the molecule is Brc1c2ccccc2c(-c2ccccc2)c2ccccc12.Brc1c2ccccc2c(Br)c2ccccc12.Brc1cccc(-c2c3ccccc3c(-c3ccccc3)c3ccccc23)c1.Brc1cccc(I)c1.CC(C)OB1OC(C)(C)C(C)(C)O1.CC1(C)OB(c2c3ccccc3c(-c3ccccc3)c3ccccc23)OC1(C)C.OB(O)c1ccccc1.[CH2-]CCC.[Li+]. The molecule has 0 unspecified atom stereocenters. The van der Waals surface area contributed by atoms with E-state index in [9.17, 15) is 0 Å². The van der Waals surface area contributed by atoms with Crippen LogP contribution in [-0.4, -0.2) is 60.1 Å². The van der Waals surface area contributed by atoms with Gasteiger partial charge in [-0.2, -0.15) is 6.42 Å². The van der Waals surface area contributed by atoms with Crippen LogP contribution in [-0.2, 0) is 23.3 Å². The van der Waals surface area contributed by atoms with Crippen molar-refractivity contribution in [2.75, 3.05) is 0 Å². The van der Waals surface area contributed by atoms with Gasteiger partial charge in [0.25, 0.3) is 0 Å². The zero-order valence-electron chi connectivity index (χ0n) is 74.3. The second-order valence-electron chi connectivity index (χ2n) is 33.2. The zero-order chi connectivity index (χ0) is 90.2. The molecule has 18 aromatic rings. The first kappa shape index (κ1) is 98.7. The van der Waals surface area contributed by atoms with E-state index in [0.717, 1.165) is 20.8 Å². The molecule has 20 rings (SSSR count). The number of rotatable bonds is 9. The molecule has 2 fully saturated rings. The summed E-state index contributed by atoms with van der Waals surface area (Å²) in [5, 5.41) is 37.2. The van der Waals surface area contributed by atoms with Gasteiger partial charge in [-0.25, -0.2) is 0 Å². The predicted molar refractivity (Wildman–Crippen MR) is 570 cm³/mol. The molecule has 17 heteroatoms. The van der Waals surface area contributed by atoms with Crippen molar-refractivity contribution in [2.24, 2.45) is 0 Å². The smallest absolute Gasteiger partial charge is 0.423 e. The number of benzene rings is 18. The molecule has 2 N–H and O–H groups in total. The Morgan fingerprint density at radius 3 is 0.828 bits per heavy atom. The summed E-state index contributed by atoms with van der Waals surface area (Å²) in [7, 11) is -2.27. The van der Waals surface area contributed by atoms with E-state index in [0.29, 0.717) is 5.46 Å². The summed E-state index contributed by atoms with van der Waals surface area (Å²) in [6, 6.07) is 126. The predicted octanol–water partition coefficient (Wildman–Crippen LogP) is 29.0. The van der Waals surface area contributed by atoms with Crippen LogP contribution in [0.3, 0.4) is 0 Å². The van der Waals surface area contributed by atoms with E-state index >= 15 is 0 Å². The molecule has 2 aliphatic heterocycles. The molecular weight excluding hydrogens is 2010 g/mol. The number of fused-ring (bicyclic) bond motifs is 8. The molecule has 2 heterocycles. The third kappa shape index (κ3) is 23.2. The third-order valence-electron chi connectivity index (χ3n) is 23.2. The van der Waals surface area contributed by atoms with E-state index in [4.69, 9.17) is 33.3 Å². The summed E-state index contributed by atoms with van der Waals surface area (Å²) < 4.78 is 36.7. The summed E-state index contributed by atoms with van der Waals surface area (Å²) in [6.07, 6.45) is 2.40. The summed E-state index contributed by atoms with van der Waals surface area (Å²) in [6.45, 7) is 26.1. The van der Waals surface area contributed by atoms with Crippen LogP contribution in [0.4, 0.5) is 0 Å². The van der Waals surface area contributed by atoms with Crippen LogP contribution in [0, 0.1) is 10.5 Å². The Balaban J connectivity index is 0.000000140. The van der Waals surface area contributed by atoms with E-state index in [1.807, 2.05) is 59.7 Å². The van der Waals surface area contributed by atoms with Gasteiger partial charge in [-0.15, -0.1) is 0 Å². The molecule has 0 aromatic heterocycles. The average molecular weight is 2110 g/mol. The minimum Gasteiger partial charge on any atom is -0.423 e. The standard InChI is InChI=1S/C26H25BO2.C26H17Br.C20H13Br.C14H8Br2.C9H19BO3.C6H7BO2.C6H4BrI.C4H9.Li/c1-25(2)26(3,4)29-27(28-25)24-21-16-10-8-14-19(21)23(18-12-6-5-7-13-18)20-15-9-11-17-22(20)24;27-20-12-8-11-19(17-20)26-23-15-6-4-13-21(23)25(18-9-2-1-3-10-18)22-14-5-7-16-24(22)26;21-20-17-12-6-4-10-15(17)19(14-8-2-1-3-9-14)16-11-5-7-13-18(16)20;15-13-9-5-1-2-6-10(9)14(16)12-8-4-3-7-11(12)13;1-7(2)11-10-12-8(3,4)9(5,6)13-10;8-7(9)6-4-2-1-3-5-6;7-5-2-1-3-6(8)4-5;1-3-4-2;/h5-17H,1-4H3;1-17H;1-13H;1-8H;7H,1-6H3;1-5,8-9H;1-4H;1,3-4H2,2H3;/q;;;;;;;-1;+1. The van der Waals surface area contributed by atoms with Gasteiger partial charge in [-0.3, -0.25) is 0 Å². The van der Waals surface area contributed by atoms with Crippen LogP contribution in [0.15, 0.2) is 386 Å². The molecule has 0 atom stereocenters. The van der Waals surface area contributed by atoms with Crippen molar-refractivity contribution in [3.63, 3.8) is 0 Å². The molecule has 18 aromatic carbocycles. The van der Waals surface area contributed by atoms with Crippen molar-refractivity contribution in [3.8, 4) is 44.5 Å². The van der Waals surface area contributed by atoms with E-state index in [2.05, 4.69) is 465 Å². The van der Waals surface area contributed by atoms with Gasteiger partial charge >= 0.3 is 40.4 Å². The van der Waals surface area contributed by atoms with Gasteiger partial charge in [-0.05, 0) is 312 Å². The maximum Gasteiger partial charge on any atom is 1.00 e. The topological polar surface area (TPSA) is 86.6 Å². The molecule has 0 amide bonds. The van der Waals surface area contributed by atoms with Gasteiger partial charge in [-0.1, -0.05) is 379 Å². The maximum absolute atomic E-state index is 8.58. The van der Waals surface area contributed by atoms with Gasteiger partial charge in [0.15, 0.2) is 0 Å². The van der Waals surface area contributed by atoms with Crippen molar-refractivity contribution in [1.29, 1.82) is 0 Å². The monoisotopic (exact) mass is 2110 g/mol. The van der Waals surface area contributed by atoms with Crippen LogP contribution in [0.1, 0.15) is 89.0 Å². The summed E-state index contributed by atoms with van der Waals surface area (Å²) in [4.78, 5) is 0. The Bertz CT molecular complexity index is 6450. The van der Waals surface area contributed by atoms with E-state index in [-0.39, 0.29) is 47.4 Å². The average Bonchev–Trinajstić information content (AvgIpc) is 1.49. The van der Waals surface area contributed by atoms with Crippen molar-refractivity contribution in [1.82, 2.24) is 0 Å². The number of halogens is 6. The van der Waals surface area contributed by atoms with Crippen molar-refractivity contribution in [3.05, 3.63) is 397 Å². The molecule has 2 aliphatic rings. The normalized spacial score (nSPS) is 13.7. The molecule has 0 spiro atoms. The van der Waals surface area contributed by atoms with Gasteiger partial charge < -0.3 is 40.2 Å². The van der Waals surface area contributed by atoms with Crippen molar-refractivity contribution >= 4 is 221 Å². The van der Waals surface area contributed by atoms with Crippen molar-refractivity contribution < 1.29 is 52.2 Å². The van der Waals surface area contributed by atoms with Crippen LogP contribution < -0.4 is 29.8 Å². The third-order valence-corrected chi connectivity index (χ3v) is 27.4. The maximum atomic E-state index is 8.58. The molecule has 640 valence electrons. The Kier molecular flexibility index (Phi) is 34.9. The molecule has 2 saturated heterocycles. The van der Waals surface area contributed by atoms with E-state index in [1.165, 1.54) is 154 Å². The van der Waals surface area contributed by atoms with Crippen LogP contribution in [0.5, 0.6) is 0 Å². The minimum absolute atomic E-state index is 0. The quantitative estimate of drug-likeness (QED) is 0.0644. The van der Waals surface area contributed by atoms with Crippen molar-refractivity contribution in [2.45, 2.75) is 118 Å². The molecule has 0 radical (unpaired) electrons. The number of hydrogen-bond donors (Lipinski definition) is 2. The zero-order valence-corrected chi connectivity index (χ0v) is 84.4. The largest absolute Gasteiger partial charge is 1.00 e. The fourth-order valence-electron chi connectivity index (χ4n) is 15.5. The minimum atomic E-state index is -1.34. The Morgan fingerprint density at radius 1 is 0.328 bits per heavy atom. The number of unbranched alkanes of at least 4 members (excludes halogenated alkanes) is 1. The Morgan fingerprint density at radius 2 is 0.562 bits per heavy atom. The second-order valence-corrected chi connectivity index (χ2v) is 38.7. The summed E-state index contributed by atoms with van der Waals surface area (Å²) in [5.74, 6) is 0. The second kappa shape index (κ2) is 45.2. The molecule has 0 bridgehead atoms. The molecule has 7 nitrogen and oxygen atoms in total. The van der Waals surface area contributed by atoms with Gasteiger partial charge in [0.2, 0.25) is 0 Å². The van der Waals surface area contributed by atoms with E-state index < -0.39 is 21.6 Å². The first-order valence-corrected chi connectivity index (χ1v) is 47.8. The fourth-order valence-corrected chi connectivity index (χ4v) is 19.3. The van der Waals surface area contributed by atoms with Crippen LogP contribution in [0.2, 0.25) is 0 Å². The summed E-state index contributed by atoms with van der Waals surface area (Å²) >= 11 is 20.5. The number of hydrogen-bond acceptors (Lipinski definition) is 7. The molecule has 128 heavy (non-hydrogen) atoms. The van der Waals surface area contributed by atoms with E-state index in [1.54, 1.807) is 24.3 Å². The van der Waals surface area contributed by atoms with Gasteiger partial charge in [0.1, 0.15) is 0 Å². The first-order chi connectivity index (χ1) is 61.1.